The predicted octanol–water partition coefficient (Wildman–Crippen LogP) is 1.62. The Balaban J connectivity index is 2.14. The van der Waals surface area contributed by atoms with Crippen LogP contribution in [0.2, 0.25) is 0 Å². The molecule has 0 aliphatic rings. The zero-order valence-electron chi connectivity index (χ0n) is 8.04. The van der Waals surface area contributed by atoms with E-state index in [-0.39, 0.29) is 0 Å². The fraction of sp³-hybridized carbons (Fsp3) is 0.250. The van der Waals surface area contributed by atoms with Gasteiger partial charge in [0.2, 0.25) is 0 Å². The Morgan fingerprint density at radius 3 is 3.00 bits per heavy atom. The van der Waals surface area contributed by atoms with E-state index in [0.29, 0.717) is 11.0 Å². The van der Waals surface area contributed by atoms with E-state index in [4.69, 9.17) is 5.73 Å². The third-order valence-corrected chi connectivity index (χ3v) is 3.27. The molecule has 0 aliphatic heterocycles. The topological polar surface area (TPSA) is 77.6 Å². The molecule has 0 fully saturated rings. The number of aromatic nitrogens is 4. The average molecular weight is 239 g/mol. The second-order valence-electron chi connectivity index (χ2n) is 2.70. The SMILES string of the molecule is CCc1nsc(Sc2nccc(N)n2)n1. The fourth-order valence-corrected chi connectivity index (χ4v) is 2.46. The first-order valence-electron chi connectivity index (χ1n) is 4.37. The number of aryl methyl sites for hydroxylation is 1. The maximum Gasteiger partial charge on any atom is 0.196 e. The van der Waals surface area contributed by atoms with E-state index < -0.39 is 0 Å². The predicted molar refractivity (Wildman–Crippen MR) is 59.9 cm³/mol. The molecule has 0 unspecified atom stereocenters. The van der Waals surface area contributed by atoms with Crippen LogP contribution in [0.15, 0.2) is 21.8 Å². The summed E-state index contributed by atoms with van der Waals surface area (Å²) in [5, 5.41) is 0.605. The van der Waals surface area contributed by atoms with Crippen molar-refractivity contribution in [2.75, 3.05) is 5.73 Å². The van der Waals surface area contributed by atoms with Crippen molar-refractivity contribution in [1.82, 2.24) is 19.3 Å². The van der Waals surface area contributed by atoms with Crippen molar-refractivity contribution in [3.63, 3.8) is 0 Å². The van der Waals surface area contributed by atoms with Crippen LogP contribution < -0.4 is 5.73 Å². The molecule has 2 rings (SSSR count). The molecular weight excluding hydrogens is 230 g/mol. The molecule has 0 saturated heterocycles. The minimum Gasteiger partial charge on any atom is -0.384 e. The number of nitrogens with two attached hydrogens (primary N) is 1. The summed E-state index contributed by atoms with van der Waals surface area (Å²) in [6, 6.07) is 1.65. The summed E-state index contributed by atoms with van der Waals surface area (Å²) >= 11 is 2.74. The molecule has 0 aromatic carbocycles. The van der Waals surface area contributed by atoms with Crippen molar-refractivity contribution in [3.05, 3.63) is 18.1 Å². The molecule has 0 radical (unpaired) electrons. The average Bonchev–Trinajstić information content (AvgIpc) is 2.65. The largest absolute Gasteiger partial charge is 0.384 e. The molecule has 7 heteroatoms. The third kappa shape index (κ3) is 2.63. The lowest BCUT2D eigenvalue weighted by Gasteiger charge is -1.95. The lowest BCUT2D eigenvalue weighted by atomic mass is 10.5. The highest BCUT2D eigenvalue weighted by Crippen LogP contribution is 2.26. The van der Waals surface area contributed by atoms with Gasteiger partial charge in [-0.1, -0.05) is 6.92 Å². The summed E-state index contributed by atoms with van der Waals surface area (Å²) in [6.07, 6.45) is 2.47. The van der Waals surface area contributed by atoms with Crippen LogP contribution in [0.1, 0.15) is 12.7 Å². The van der Waals surface area contributed by atoms with Crippen LogP contribution in [0.5, 0.6) is 0 Å². The van der Waals surface area contributed by atoms with Gasteiger partial charge in [-0.3, -0.25) is 0 Å². The van der Waals surface area contributed by atoms with Crippen LogP contribution in [0.4, 0.5) is 5.82 Å². The standard InChI is InChI=1S/C8H9N5S2/c1-2-6-12-8(15-13-6)14-7-10-4-3-5(9)11-7/h3-4H,2H2,1H3,(H2,9,10,11). The summed E-state index contributed by atoms with van der Waals surface area (Å²) in [6.45, 7) is 2.02. The molecule has 5 nitrogen and oxygen atoms in total. The Labute approximate surface area is 95.3 Å². The zero-order valence-corrected chi connectivity index (χ0v) is 9.68. The first kappa shape index (κ1) is 10.3. The van der Waals surface area contributed by atoms with Crippen molar-refractivity contribution >= 4 is 29.1 Å². The van der Waals surface area contributed by atoms with Gasteiger partial charge in [-0.2, -0.15) is 4.37 Å². The van der Waals surface area contributed by atoms with Crippen LogP contribution in [-0.4, -0.2) is 19.3 Å². The second kappa shape index (κ2) is 4.54. The Kier molecular flexibility index (Phi) is 3.12. The summed E-state index contributed by atoms with van der Waals surface area (Å²) in [5.41, 5.74) is 5.55. The molecule has 15 heavy (non-hydrogen) atoms. The van der Waals surface area contributed by atoms with E-state index in [1.807, 2.05) is 6.92 Å². The van der Waals surface area contributed by atoms with Gasteiger partial charge in [-0.05, 0) is 29.4 Å². The van der Waals surface area contributed by atoms with E-state index >= 15 is 0 Å². The van der Waals surface area contributed by atoms with E-state index in [1.54, 1.807) is 12.3 Å². The molecule has 0 saturated carbocycles. The smallest absolute Gasteiger partial charge is 0.196 e. The van der Waals surface area contributed by atoms with Gasteiger partial charge in [0.1, 0.15) is 11.6 Å². The highest BCUT2D eigenvalue weighted by atomic mass is 32.2. The van der Waals surface area contributed by atoms with Crippen molar-refractivity contribution in [2.24, 2.45) is 0 Å². The van der Waals surface area contributed by atoms with Gasteiger partial charge in [0.05, 0.1) is 0 Å². The summed E-state index contributed by atoms with van der Waals surface area (Å²) in [4.78, 5) is 12.5. The highest BCUT2D eigenvalue weighted by Gasteiger charge is 2.06. The number of hydrogen-bond donors (Lipinski definition) is 1. The number of rotatable bonds is 3. The van der Waals surface area contributed by atoms with Gasteiger partial charge in [0, 0.05) is 12.6 Å². The lowest BCUT2D eigenvalue weighted by Crippen LogP contribution is -1.92. The molecule has 0 bridgehead atoms. The summed E-state index contributed by atoms with van der Waals surface area (Å²) in [7, 11) is 0. The molecule has 2 aromatic rings. The Bertz CT molecular complexity index is 456. The van der Waals surface area contributed by atoms with Gasteiger partial charge < -0.3 is 5.73 Å². The van der Waals surface area contributed by atoms with Crippen LogP contribution in [0.25, 0.3) is 0 Å². The Morgan fingerprint density at radius 2 is 2.33 bits per heavy atom. The molecule has 2 N–H and O–H groups in total. The fourth-order valence-electron chi connectivity index (χ4n) is 0.904. The maximum atomic E-state index is 5.55. The molecule has 2 aromatic heterocycles. The number of anilines is 1. The molecule has 2 heterocycles. The summed E-state index contributed by atoms with van der Waals surface area (Å²) < 4.78 is 5.02. The van der Waals surface area contributed by atoms with E-state index in [2.05, 4.69) is 19.3 Å². The Hall–Kier alpha value is -1.21. The number of nitrogens with zero attached hydrogens (tertiary/aromatic N) is 4. The van der Waals surface area contributed by atoms with Gasteiger partial charge >= 0.3 is 0 Å². The molecule has 0 aliphatic carbocycles. The van der Waals surface area contributed by atoms with Crippen LogP contribution in [-0.2, 0) is 6.42 Å². The molecule has 0 atom stereocenters. The Morgan fingerprint density at radius 1 is 1.47 bits per heavy atom. The van der Waals surface area contributed by atoms with Gasteiger partial charge in [0.15, 0.2) is 9.50 Å². The first-order chi connectivity index (χ1) is 7.28. The van der Waals surface area contributed by atoms with Crippen LogP contribution in [0, 0.1) is 0 Å². The van der Waals surface area contributed by atoms with Crippen LogP contribution >= 0.6 is 23.3 Å². The summed E-state index contributed by atoms with van der Waals surface area (Å²) in [5.74, 6) is 1.32. The highest BCUT2D eigenvalue weighted by molar-refractivity contribution is 8.00. The minimum atomic E-state index is 0.465. The van der Waals surface area contributed by atoms with Crippen molar-refractivity contribution in [1.29, 1.82) is 0 Å². The molecular formula is C8H9N5S2. The van der Waals surface area contributed by atoms with Gasteiger partial charge in [-0.15, -0.1) is 0 Å². The molecule has 0 amide bonds. The third-order valence-electron chi connectivity index (χ3n) is 1.60. The number of nitrogen functional groups attached to an aromatic ring is 1. The normalized spacial score (nSPS) is 10.5. The maximum absolute atomic E-state index is 5.55. The van der Waals surface area contributed by atoms with E-state index in [9.17, 15) is 0 Å². The quantitative estimate of drug-likeness (QED) is 0.820. The van der Waals surface area contributed by atoms with Crippen molar-refractivity contribution < 1.29 is 0 Å². The van der Waals surface area contributed by atoms with Crippen LogP contribution in [0.3, 0.4) is 0 Å². The molecule has 0 spiro atoms. The molecule has 78 valence electrons. The number of hydrogen-bond acceptors (Lipinski definition) is 7. The van der Waals surface area contributed by atoms with Crippen molar-refractivity contribution in [2.45, 2.75) is 22.8 Å². The second-order valence-corrected chi connectivity index (χ2v) is 4.66. The van der Waals surface area contributed by atoms with E-state index in [1.165, 1.54) is 23.3 Å². The minimum absolute atomic E-state index is 0.465. The van der Waals surface area contributed by atoms with Gasteiger partial charge in [0.25, 0.3) is 0 Å². The van der Waals surface area contributed by atoms with Crippen molar-refractivity contribution in [3.8, 4) is 0 Å². The monoisotopic (exact) mass is 239 g/mol. The lowest BCUT2D eigenvalue weighted by molar-refractivity contribution is 0.955. The van der Waals surface area contributed by atoms with Gasteiger partial charge in [-0.25, -0.2) is 15.0 Å². The first-order valence-corrected chi connectivity index (χ1v) is 5.96. The van der Waals surface area contributed by atoms with E-state index in [0.717, 1.165) is 16.6 Å². The zero-order chi connectivity index (χ0) is 10.7.